The second-order valence-corrected chi connectivity index (χ2v) is 14.7. The van der Waals surface area contributed by atoms with Crippen LogP contribution in [0.25, 0.3) is 85.9 Å². The molecule has 0 aliphatic rings. The fraction of sp³-hybridized carbons (Fsp3) is 0. The van der Waals surface area contributed by atoms with Crippen LogP contribution in [-0.2, 0) is 0 Å². The molecule has 0 aliphatic carbocycles. The second kappa shape index (κ2) is 11.9. The predicted molar refractivity (Wildman–Crippen MR) is 227 cm³/mol. The quantitative estimate of drug-likeness (QED) is 0.167. The summed E-state index contributed by atoms with van der Waals surface area (Å²) in [7, 11) is 0. The zero-order valence-electron chi connectivity index (χ0n) is 28.7. The molecule has 248 valence electrons. The van der Waals surface area contributed by atoms with Gasteiger partial charge in [-0.05, 0) is 69.2 Å². The van der Waals surface area contributed by atoms with Crippen LogP contribution in [0.2, 0.25) is 0 Å². The predicted octanol–water partition coefficient (Wildman–Crippen LogP) is 15.1. The highest BCUT2D eigenvalue weighted by Crippen LogP contribution is 2.50. The number of para-hydroxylation sites is 1. The van der Waals surface area contributed by atoms with E-state index in [2.05, 4.69) is 193 Å². The first kappa shape index (κ1) is 30.0. The van der Waals surface area contributed by atoms with Gasteiger partial charge in [0.1, 0.15) is 5.58 Å². The molecule has 2 aromatic heterocycles. The lowest BCUT2D eigenvalue weighted by atomic mass is 9.95. The fourth-order valence-corrected chi connectivity index (χ4v) is 9.52. The Morgan fingerprint density at radius 2 is 0.943 bits per heavy atom. The van der Waals surface area contributed by atoms with E-state index < -0.39 is 0 Å². The molecular formula is C50H31NOS. The van der Waals surface area contributed by atoms with E-state index in [9.17, 15) is 0 Å². The molecule has 0 atom stereocenters. The normalized spacial score (nSPS) is 11.8. The van der Waals surface area contributed by atoms with Crippen molar-refractivity contribution in [3.05, 3.63) is 188 Å². The molecule has 0 N–H and O–H groups in total. The summed E-state index contributed by atoms with van der Waals surface area (Å²) in [5.41, 5.74) is 9.61. The van der Waals surface area contributed by atoms with Gasteiger partial charge < -0.3 is 9.32 Å². The van der Waals surface area contributed by atoms with Crippen molar-refractivity contribution in [1.82, 2.24) is 0 Å². The fourth-order valence-electron chi connectivity index (χ4n) is 8.28. The third-order valence-corrected chi connectivity index (χ3v) is 11.9. The lowest BCUT2D eigenvalue weighted by molar-refractivity contribution is 0.673. The number of benzene rings is 9. The zero-order valence-corrected chi connectivity index (χ0v) is 29.5. The van der Waals surface area contributed by atoms with Gasteiger partial charge in [-0.3, -0.25) is 0 Å². The summed E-state index contributed by atoms with van der Waals surface area (Å²) in [6.07, 6.45) is 0. The van der Waals surface area contributed by atoms with Crippen LogP contribution < -0.4 is 4.90 Å². The minimum atomic E-state index is 0.867. The Hall–Kier alpha value is -6.68. The Morgan fingerprint density at radius 3 is 1.72 bits per heavy atom. The van der Waals surface area contributed by atoms with E-state index in [1.54, 1.807) is 0 Å². The maximum Gasteiger partial charge on any atom is 0.160 e. The Kier molecular flexibility index (Phi) is 6.76. The second-order valence-electron chi connectivity index (χ2n) is 13.6. The molecule has 0 fully saturated rings. The molecule has 2 heterocycles. The van der Waals surface area contributed by atoms with Crippen molar-refractivity contribution in [1.29, 1.82) is 0 Å². The van der Waals surface area contributed by atoms with Crippen LogP contribution in [0.15, 0.2) is 192 Å². The molecule has 0 radical (unpaired) electrons. The van der Waals surface area contributed by atoms with Crippen LogP contribution in [0.4, 0.5) is 17.1 Å². The summed E-state index contributed by atoms with van der Waals surface area (Å²) in [5.74, 6) is 0. The third-order valence-electron chi connectivity index (χ3n) is 10.7. The average molecular weight is 694 g/mol. The van der Waals surface area contributed by atoms with E-state index in [1.165, 1.54) is 47.5 Å². The first-order valence-corrected chi connectivity index (χ1v) is 18.8. The lowest BCUT2D eigenvalue weighted by Gasteiger charge is -2.28. The molecule has 0 bridgehead atoms. The molecule has 0 amide bonds. The van der Waals surface area contributed by atoms with Gasteiger partial charge in [-0.2, -0.15) is 0 Å². The number of furan rings is 1. The smallest absolute Gasteiger partial charge is 0.160 e. The molecule has 0 unspecified atom stereocenters. The van der Waals surface area contributed by atoms with E-state index in [0.717, 1.165) is 55.5 Å². The van der Waals surface area contributed by atoms with Crippen molar-refractivity contribution < 1.29 is 4.42 Å². The first-order chi connectivity index (χ1) is 26.3. The Labute approximate surface area is 310 Å². The molecule has 0 saturated heterocycles. The van der Waals surface area contributed by atoms with Crippen molar-refractivity contribution in [3.63, 3.8) is 0 Å². The monoisotopic (exact) mass is 693 g/mol. The number of rotatable bonds is 5. The minimum Gasteiger partial charge on any atom is -0.453 e. The minimum absolute atomic E-state index is 0.867. The van der Waals surface area contributed by atoms with E-state index in [1.807, 2.05) is 11.3 Å². The van der Waals surface area contributed by atoms with E-state index in [4.69, 9.17) is 4.42 Å². The maximum absolute atomic E-state index is 7.22. The zero-order chi connectivity index (χ0) is 34.9. The summed E-state index contributed by atoms with van der Waals surface area (Å²) in [4.78, 5) is 2.38. The van der Waals surface area contributed by atoms with Crippen LogP contribution in [0.5, 0.6) is 0 Å². The van der Waals surface area contributed by atoms with Crippen molar-refractivity contribution in [2.24, 2.45) is 0 Å². The lowest BCUT2D eigenvalue weighted by Crippen LogP contribution is -2.11. The Bertz CT molecular complexity index is 3160. The summed E-state index contributed by atoms with van der Waals surface area (Å²) >= 11 is 1.87. The van der Waals surface area contributed by atoms with Gasteiger partial charge >= 0.3 is 0 Å². The van der Waals surface area contributed by atoms with E-state index in [-0.39, 0.29) is 0 Å². The topological polar surface area (TPSA) is 16.4 Å². The van der Waals surface area contributed by atoms with Gasteiger partial charge in [0.25, 0.3) is 0 Å². The SMILES string of the molecule is c1ccc(-c2ccc3c(oc4c5ccccc5c5ccccc5c34)c2N(c2ccccc2)c2ccc(-c3cccc4c3sc3ccccc34)cc2)cc1. The van der Waals surface area contributed by atoms with Gasteiger partial charge in [-0.15, -0.1) is 11.3 Å². The van der Waals surface area contributed by atoms with Crippen LogP contribution in [0, 0.1) is 0 Å². The van der Waals surface area contributed by atoms with Gasteiger partial charge in [0.2, 0.25) is 0 Å². The van der Waals surface area contributed by atoms with Crippen LogP contribution in [0.1, 0.15) is 0 Å². The van der Waals surface area contributed by atoms with Crippen LogP contribution in [0.3, 0.4) is 0 Å². The van der Waals surface area contributed by atoms with Crippen molar-refractivity contribution >= 4 is 92.1 Å². The number of hydrogen-bond acceptors (Lipinski definition) is 3. The molecular weight excluding hydrogens is 663 g/mol. The van der Waals surface area contributed by atoms with Gasteiger partial charge in [0.15, 0.2) is 5.58 Å². The largest absolute Gasteiger partial charge is 0.453 e. The highest BCUT2D eigenvalue weighted by molar-refractivity contribution is 7.26. The Balaban J connectivity index is 1.19. The first-order valence-electron chi connectivity index (χ1n) is 18.0. The number of nitrogens with zero attached hydrogens (tertiary/aromatic N) is 1. The molecule has 2 nitrogen and oxygen atoms in total. The van der Waals surface area contributed by atoms with E-state index in [0.29, 0.717) is 0 Å². The number of hydrogen-bond donors (Lipinski definition) is 0. The molecule has 11 aromatic rings. The van der Waals surface area contributed by atoms with Crippen LogP contribution >= 0.6 is 11.3 Å². The van der Waals surface area contributed by atoms with E-state index >= 15 is 0 Å². The molecule has 11 rings (SSSR count). The summed E-state index contributed by atoms with van der Waals surface area (Å²) in [6.45, 7) is 0. The number of fused-ring (bicyclic) bond motifs is 11. The highest BCUT2D eigenvalue weighted by atomic mass is 32.1. The van der Waals surface area contributed by atoms with Crippen molar-refractivity contribution in [2.75, 3.05) is 4.90 Å². The molecule has 0 aliphatic heterocycles. The summed E-state index contributed by atoms with van der Waals surface area (Å²) in [5, 5.41) is 9.62. The number of anilines is 3. The maximum atomic E-state index is 7.22. The molecule has 9 aromatic carbocycles. The highest BCUT2D eigenvalue weighted by Gasteiger charge is 2.25. The van der Waals surface area contributed by atoms with Crippen LogP contribution in [-0.4, -0.2) is 0 Å². The molecule has 0 saturated carbocycles. The molecule has 53 heavy (non-hydrogen) atoms. The summed E-state index contributed by atoms with van der Waals surface area (Å²) < 4.78 is 9.85. The van der Waals surface area contributed by atoms with Crippen molar-refractivity contribution in [3.8, 4) is 22.3 Å². The standard InChI is InChI=1S/C50H31NOS/c1-3-14-32(15-4-1)36-30-31-44-46-41-21-9-7-18-38(41)39-19-8-10-22-42(39)48(46)52-49(44)47(36)51(34-16-5-2-6-17-34)35-28-26-33(27-29-35)37-23-13-24-43-40-20-11-12-25-45(40)53-50(37)43/h1-31H. The summed E-state index contributed by atoms with van der Waals surface area (Å²) in [6, 6.07) is 67.7. The van der Waals surface area contributed by atoms with Gasteiger partial charge in [-0.25, -0.2) is 0 Å². The number of thiophene rings is 1. The molecule has 3 heteroatoms. The van der Waals surface area contributed by atoms with Crippen molar-refractivity contribution in [2.45, 2.75) is 0 Å². The average Bonchev–Trinajstić information content (AvgIpc) is 3.82. The van der Waals surface area contributed by atoms with Gasteiger partial charge in [-0.1, -0.05) is 152 Å². The van der Waals surface area contributed by atoms with Gasteiger partial charge in [0.05, 0.1) is 5.69 Å². The third kappa shape index (κ3) is 4.64. The Morgan fingerprint density at radius 1 is 0.358 bits per heavy atom. The molecule has 0 spiro atoms. The van der Waals surface area contributed by atoms with Gasteiger partial charge in [0, 0.05) is 53.3 Å².